The Kier molecular flexibility index (Phi) is 5.08. The highest BCUT2D eigenvalue weighted by atomic mass is 19.4. The van der Waals surface area contributed by atoms with Crippen LogP contribution in [0.3, 0.4) is 0 Å². The SMILES string of the molecule is CC(C)n1cnc2cc(N3CCN(c4ccc(C(F)(F)F)nn4)CC3)ccc2c1=O. The van der Waals surface area contributed by atoms with Crippen molar-refractivity contribution in [3.63, 3.8) is 0 Å². The Labute approximate surface area is 170 Å². The van der Waals surface area contributed by atoms with Crippen molar-refractivity contribution in [2.24, 2.45) is 0 Å². The monoisotopic (exact) mass is 418 g/mol. The molecule has 1 aromatic carbocycles. The van der Waals surface area contributed by atoms with Crippen molar-refractivity contribution in [3.05, 3.63) is 52.7 Å². The van der Waals surface area contributed by atoms with Gasteiger partial charge in [0.25, 0.3) is 5.56 Å². The van der Waals surface area contributed by atoms with Gasteiger partial charge in [0.15, 0.2) is 11.5 Å². The molecule has 2 aromatic heterocycles. The third-order valence-electron chi connectivity index (χ3n) is 5.23. The van der Waals surface area contributed by atoms with E-state index < -0.39 is 11.9 Å². The Balaban J connectivity index is 1.48. The van der Waals surface area contributed by atoms with Gasteiger partial charge in [-0.2, -0.15) is 13.2 Å². The predicted octanol–water partition coefficient (Wildman–Crippen LogP) is 3.11. The van der Waals surface area contributed by atoms with E-state index in [1.54, 1.807) is 17.0 Å². The van der Waals surface area contributed by atoms with E-state index in [1.165, 1.54) is 6.07 Å². The molecule has 3 aromatic rings. The molecule has 0 aliphatic carbocycles. The maximum Gasteiger partial charge on any atom is 0.435 e. The fourth-order valence-electron chi connectivity index (χ4n) is 3.53. The van der Waals surface area contributed by atoms with Gasteiger partial charge >= 0.3 is 6.18 Å². The van der Waals surface area contributed by atoms with Gasteiger partial charge in [0.1, 0.15) is 0 Å². The molecule has 1 aliphatic heterocycles. The molecule has 0 bridgehead atoms. The van der Waals surface area contributed by atoms with Crippen LogP contribution in [0.2, 0.25) is 0 Å². The summed E-state index contributed by atoms with van der Waals surface area (Å²) in [6, 6.07) is 7.94. The van der Waals surface area contributed by atoms with Crippen LogP contribution in [0, 0.1) is 0 Å². The summed E-state index contributed by atoms with van der Waals surface area (Å²) in [5.74, 6) is 0.428. The van der Waals surface area contributed by atoms with Crippen molar-refractivity contribution < 1.29 is 13.2 Å². The van der Waals surface area contributed by atoms with Crippen molar-refractivity contribution in [2.45, 2.75) is 26.1 Å². The fraction of sp³-hybridized carbons (Fsp3) is 0.400. The molecule has 30 heavy (non-hydrogen) atoms. The maximum absolute atomic E-state index is 12.6. The third-order valence-corrected chi connectivity index (χ3v) is 5.23. The number of hydrogen-bond acceptors (Lipinski definition) is 6. The summed E-state index contributed by atoms with van der Waals surface area (Å²) in [5.41, 5.74) is 0.539. The molecule has 1 saturated heterocycles. The average molecular weight is 418 g/mol. The van der Waals surface area contributed by atoms with Gasteiger partial charge in [-0.05, 0) is 44.2 Å². The number of nitrogens with zero attached hydrogens (tertiary/aromatic N) is 6. The number of alkyl halides is 3. The summed E-state index contributed by atoms with van der Waals surface area (Å²) in [4.78, 5) is 21.1. The second-order valence-electron chi connectivity index (χ2n) is 7.50. The summed E-state index contributed by atoms with van der Waals surface area (Å²) in [5, 5.41) is 7.60. The van der Waals surface area contributed by atoms with Crippen molar-refractivity contribution in [2.75, 3.05) is 36.0 Å². The highest BCUT2D eigenvalue weighted by Gasteiger charge is 2.33. The van der Waals surface area contributed by atoms with Crippen LogP contribution in [0.4, 0.5) is 24.7 Å². The summed E-state index contributed by atoms with van der Waals surface area (Å²) < 4.78 is 39.6. The number of anilines is 2. The molecule has 0 saturated carbocycles. The minimum absolute atomic E-state index is 0.0375. The lowest BCUT2D eigenvalue weighted by Crippen LogP contribution is -2.47. The Morgan fingerprint density at radius 1 is 0.967 bits per heavy atom. The molecule has 3 heterocycles. The normalized spacial score (nSPS) is 15.3. The first-order valence-corrected chi connectivity index (χ1v) is 9.66. The number of piperazine rings is 1. The lowest BCUT2D eigenvalue weighted by Gasteiger charge is -2.36. The van der Waals surface area contributed by atoms with Crippen LogP contribution < -0.4 is 15.4 Å². The van der Waals surface area contributed by atoms with Gasteiger partial charge in [0.2, 0.25) is 0 Å². The van der Waals surface area contributed by atoms with Crippen molar-refractivity contribution in [3.8, 4) is 0 Å². The van der Waals surface area contributed by atoms with Crippen molar-refractivity contribution >= 4 is 22.4 Å². The van der Waals surface area contributed by atoms with E-state index in [9.17, 15) is 18.0 Å². The predicted molar refractivity (Wildman–Crippen MR) is 108 cm³/mol. The first kappa shape index (κ1) is 20.1. The van der Waals surface area contributed by atoms with Crippen LogP contribution in [0.5, 0.6) is 0 Å². The first-order valence-electron chi connectivity index (χ1n) is 9.66. The van der Waals surface area contributed by atoms with Gasteiger partial charge < -0.3 is 9.80 Å². The van der Waals surface area contributed by atoms with E-state index in [0.29, 0.717) is 42.9 Å². The van der Waals surface area contributed by atoms with Gasteiger partial charge in [-0.15, -0.1) is 10.2 Å². The Morgan fingerprint density at radius 3 is 2.27 bits per heavy atom. The number of halogens is 3. The van der Waals surface area contributed by atoms with Gasteiger partial charge in [-0.3, -0.25) is 9.36 Å². The largest absolute Gasteiger partial charge is 0.435 e. The molecule has 0 spiro atoms. The molecule has 0 radical (unpaired) electrons. The number of aromatic nitrogens is 4. The van der Waals surface area contributed by atoms with Gasteiger partial charge in [0.05, 0.1) is 17.2 Å². The summed E-state index contributed by atoms with van der Waals surface area (Å²) >= 11 is 0. The molecule has 1 fully saturated rings. The van der Waals surface area contributed by atoms with Crippen molar-refractivity contribution in [1.82, 2.24) is 19.7 Å². The highest BCUT2D eigenvalue weighted by Crippen LogP contribution is 2.28. The van der Waals surface area contributed by atoms with E-state index in [2.05, 4.69) is 20.1 Å². The summed E-state index contributed by atoms with van der Waals surface area (Å²) in [6.07, 6.45) is -2.92. The Morgan fingerprint density at radius 2 is 1.67 bits per heavy atom. The summed E-state index contributed by atoms with van der Waals surface area (Å²) in [6.45, 7) is 6.39. The fourth-order valence-corrected chi connectivity index (χ4v) is 3.53. The molecule has 7 nitrogen and oxygen atoms in total. The number of fused-ring (bicyclic) bond motifs is 1. The van der Waals surface area contributed by atoms with Crippen LogP contribution in [-0.2, 0) is 6.18 Å². The Bertz CT molecular complexity index is 1100. The molecular weight excluding hydrogens is 397 g/mol. The number of benzene rings is 1. The van der Waals surface area contributed by atoms with Crippen LogP contribution in [0.25, 0.3) is 10.9 Å². The van der Waals surface area contributed by atoms with E-state index in [4.69, 9.17) is 0 Å². The maximum atomic E-state index is 12.6. The third kappa shape index (κ3) is 3.81. The van der Waals surface area contributed by atoms with E-state index in [1.807, 2.05) is 30.9 Å². The topological polar surface area (TPSA) is 67.2 Å². The van der Waals surface area contributed by atoms with E-state index >= 15 is 0 Å². The number of hydrogen-bond donors (Lipinski definition) is 0. The van der Waals surface area contributed by atoms with E-state index in [-0.39, 0.29) is 11.6 Å². The lowest BCUT2D eigenvalue weighted by atomic mass is 10.2. The second kappa shape index (κ2) is 7.58. The van der Waals surface area contributed by atoms with Gasteiger partial charge in [-0.25, -0.2) is 4.98 Å². The quantitative estimate of drug-likeness (QED) is 0.651. The van der Waals surface area contributed by atoms with Gasteiger partial charge in [-0.1, -0.05) is 0 Å². The minimum Gasteiger partial charge on any atom is -0.368 e. The second-order valence-corrected chi connectivity index (χ2v) is 7.50. The molecule has 10 heteroatoms. The molecule has 1 aliphatic rings. The molecular formula is C20H21F3N6O. The molecule has 0 N–H and O–H groups in total. The Hall–Kier alpha value is -3.17. The molecule has 0 amide bonds. The smallest absolute Gasteiger partial charge is 0.368 e. The molecule has 0 atom stereocenters. The standard InChI is InChI=1S/C20H21F3N6O/c1-13(2)29-12-24-16-11-14(3-4-15(16)19(29)30)27-7-9-28(10-8-27)18-6-5-17(25-26-18)20(21,22)23/h3-6,11-13H,7-10H2,1-2H3. The zero-order valence-electron chi connectivity index (χ0n) is 16.6. The van der Waals surface area contributed by atoms with E-state index in [0.717, 1.165) is 11.8 Å². The van der Waals surface area contributed by atoms with Gasteiger partial charge in [0, 0.05) is 37.9 Å². The van der Waals surface area contributed by atoms with Crippen LogP contribution in [0.1, 0.15) is 25.6 Å². The average Bonchev–Trinajstić information content (AvgIpc) is 2.73. The summed E-state index contributed by atoms with van der Waals surface area (Å²) in [7, 11) is 0. The zero-order valence-corrected chi connectivity index (χ0v) is 16.6. The molecule has 0 unspecified atom stereocenters. The first-order chi connectivity index (χ1) is 14.2. The molecule has 4 rings (SSSR count). The molecule has 158 valence electrons. The van der Waals surface area contributed by atoms with Crippen LogP contribution in [-0.4, -0.2) is 45.9 Å². The van der Waals surface area contributed by atoms with Crippen molar-refractivity contribution in [1.29, 1.82) is 0 Å². The number of rotatable bonds is 3. The minimum atomic E-state index is -4.49. The van der Waals surface area contributed by atoms with Crippen LogP contribution in [0.15, 0.2) is 41.5 Å². The van der Waals surface area contributed by atoms with Crippen LogP contribution >= 0.6 is 0 Å². The highest BCUT2D eigenvalue weighted by molar-refractivity contribution is 5.81. The lowest BCUT2D eigenvalue weighted by molar-refractivity contribution is -0.141. The zero-order chi connectivity index (χ0) is 21.5.